The van der Waals surface area contributed by atoms with Gasteiger partial charge >= 0.3 is 5.97 Å². The largest absolute Gasteiger partial charge is 0.466 e. The standard InChI is InChI=1S/C4H8O2.C4H10O2/c1-3-6-4(2)5;1-2-3-4(5)6/h3H2,1-2H3;4-6H,2-3H2,1H3. The second-order valence-corrected chi connectivity index (χ2v) is 2.19. The van der Waals surface area contributed by atoms with Crippen LogP contribution in [0.25, 0.3) is 0 Å². The highest BCUT2D eigenvalue weighted by molar-refractivity contribution is 5.65. The van der Waals surface area contributed by atoms with Crippen LogP contribution in [0.5, 0.6) is 0 Å². The molecule has 4 nitrogen and oxygen atoms in total. The second kappa shape index (κ2) is 10.4. The van der Waals surface area contributed by atoms with Crippen molar-refractivity contribution in [1.29, 1.82) is 0 Å². The molecule has 0 saturated carbocycles. The fraction of sp³-hybridized carbons (Fsp3) is 0.875. The minimum Gasteiger partial charge on any atom is -0.466 e. The van der Waals surface area contributed by atoms with Crippen LogP contribution < -0.4 is 0 Å². The molecule has 0 aromatic carbocycles. The first-order valence-electron chi connectivity index (χ1n) is 4.04. The predicted molar refractivity (Wildman–Crippen MR) is 45.4 cm³/mol. The summed E-state index contributed by atoms with van der Waals surface area (Å²) in [7, 11) is 0. The van der Waals surface area contributed by atoms with Crippen LogP contribution in [0.2, 0.25) is 0 Å². The average Bonchev–Trinajstić information content (AvgIpc) is 1.87. The molecule has 0 aromatic heterocycles. The maximum absolute atomic E-state index is 9.82. The fourth-order valence-corrected chi connectivity index (χ4v) is 0.461. The van der Waals surface area contributed by atoms with Gasteiger partial charge in [-0.1, -0.05) is 13.3 Å². The maximum Gasteiger partial charge on any atom is 0.302 e. The summed E-state index contributed by atoms with van der Waals surface area (Å²) in [5.41, 5.74) is 0. The third-order valence-corrected chi connectivity index (χ3v) is 0.894. The second-order valence-electron chi connectivity index (χ2n) is 2.19. The molecule has 12 heavy (non-hydrogen) atoms. The minimum atomic E-state index is -1.10. The highest BCUT2D eigenvalue weighted by atomic mass is 16.5. The van der Waals surface area contributed by atoms with Gasteiger partial charge in [-0.15, -0.1) is 0 Å². The van der Waals surface area contributed by atoms with Crippen LogP contribution in [-0.4, -0.2) is 29.1 Å². The normalized spacial score (nSPS) is 8.83. The van der Waals surface area contributed by atoms with Gasteiger partial charge in [0.1, 0.15) is 0 Å². The number of carbonyl (C=O) groups is 1. The van der Waals surface area contributed by atoms with E-state index in [9.17, 15) is 4.79 Å². The Balaban J connectivity index is 0. The molecule has 0 saturated heterocycles. The van der Waals surface area contributed by atoms with Gasteiger partial charge in [0.2, 0.25) is 0 Å². The van der Waals surface area contributed by atoms with Crippen molar-refractivity contribution < 1.29 is 19.7 Å². The lowest BCUT2D eigenvalue weighted by Gasteiger charge is -1.94. The first-order valence-corrected chi connectivity index (χ1v) is 4.04. The van der Waals surface area contributed by atoms with E-state index in [4.69, 9.17) is 10.2 Å². The van der Waals surface area contributed by atoms with Crippen LogP contribution in [0.1, 0.15) is 33.6 Å². The van der Waals surface area contributed by atoms with E-state index in [0.29, 0.717) is 13.0 Å². The summed E-state index contributed by atoms with van der Waals surface area (Å²) in [5.74, 6) is -0.211. The van der Waals surface area contributed by atoms with Gasteiger partial charge in [0, 0.05) is 6.92 Å². The highest BCUT2D eigenvalue weighted by Crippen LogP contribution is 1.88. The van der Waals surface area contributed by atoms with Crippen molar-refractivity contribution in [3.05, 3.63) is 0 Å². The van der Waals surface area contributed by atoms with E-state index in [0.717, 1.165) is 6.42 Å². The molecular formula is C8H18O4. The Bertz CT molecular complexity index is 101. The number of carbonyl (C=O) groups excluding carboxylic acids is 1. The molecule has 0 aliphatic carbocycles. The lowest BCUT2D eigenvalue weighted by atomic mass is 10.3. The van der Waals surface area contributed by atoms with Crippen molar-refractivity contribution in [3.63, 3.8) is 0 Å². The Morgan fingerprint density at radius 1 is 1.42 bits per heavy atom. The van der Waals surface area contributed by atoms with Gasteiger partial charge in [0.15, 0.2) is 6.29 Å². The molecule has 0 fully saturated rings. The van der Waals surface area contributed by atoms with Crippen molar-refractivity contribution >= 4 is 5.97 Å². The first kappa shape index (κ1) is 13.9. The van der Waals surface area contributed by atoms with Gasteiger partial charge in [-0.2, -0.15) is 0 Å². The number of rotatable bonds is 3. The highest BCUT2D eigenvalue weighted by Gasteiger charge is 1.89. The summed E-state index contributed by atoms with van der Waals surface area (Å²) in [6.07, 6.45) is 0.215. The molecule has 0 amide bonds. The summed E-state index contributed by atoms with van der Waals surface area (Å²) < 4.78 is 4.40. The van der Waals surface area contributed by atoms with E-state index in [2.05, 4.69) is 4.74 Å². The van der Waals surface area contributed by atoms with Crippen molar-refractivity contribution in [2.24, 2.45) is 0 Å². The molecule has 0 radical (unpaired) electrons. The fourth-order valence-electron chi connectivity index (χ4n) is 0.461. The van der Waals surface area contributed by atoms with Gasteiger partial charge in [-0.25, -0.2) is 0 Å². The molecule has 4 heteroatoms. The third-order valence-electron chi connectivity index (χ3n) is 0.894. The van der Waals surface area contributed by atoms with E-state index in [-0.39, 0.29) is 5.97 Å². The van der Waals surface area contributed by atoms with Crippen LogP contribution in [0.4, 0.5) is 0 Å². The third kappa shape index (κ3) is 22.8. The minimum absolute atomic E-state index is 0.211. The molecule has 0 unspecified atom stereocenters. The average molecular weight is 178 g/mol. The van der Waals surface area contributed by atoms with Crippen molar-refractivity contribution in [3.8, 4) is 0 Å². The van der Waals surface area contributed by atoms with Gasteiger partial charge < -0.3 is 14.9 Å². The Labute approximate surface area is 73.2 Å². The zero-order valence-corrected chi connectivity index (χ0v) is 7.91. The zero-order chi connectivity index (χ0) is 9.98. The molecule has 0 heterocycles. The van der Waals surface area contributed by atoms with Crippen LogP contribution in [0, 0.1) is 0 Å². The topological polar surface area (TPSA) is 66.8 Å². The quantitative estimate of drug-likeness (QED) is 0.492. The van der Waals surface area contributed by atoms with E-state index in [1.807, 2.05) is 6.92 Å². The van der Waals surface area contributed by atoms with Crippen LogP contribution >= 0.6 is 0 Å². The molecule has 0 atom stereocenters. The van der Waals surface area contributed by atoms with Crippen molar-refractivity contribution in [2.75, 3.05) is 6.61 Å². The summed E-state index contributed by atoms with van der Waals surface area (Å²) in [6.45, 7) is 5.56. The van der Waals surface area contributed by atoms with Gasteiger partial charge in [-0.05, 0) is 13.3 Å². The zero-order valence-electron chi connectivity index (χ0n) is 7.91. The summed E-state index contributed by atoms with van der Waals surface area (Å²) in [5, 5.41) is 16.2. The van der Waals surface area contributed by atoms with Gasteiger partial charge in [0.25, 0.3) is 0 Å². The van der Waals surface area contributed by atoms with Gasteiger partial charge in [0.05, 0.1) is 6.61 Å². The lowest BCUT2D eigenvalue weighted by molar-refractivity contribution is -0.140. The first-order chi connectivity index (χ1) is 5.54. The number of aliphatic hydroxyl groups excluding tert-OH is 1. The number of esters is 1. The predicted octanol–water partition coefficient (Wildman–Crippen LogP) is 0.667. The Kier molecular flexibility index (Phi) is 12.1. The van der Waals surface area contributed by atoms with Crippen LogP contribution in [-0.2, 0) is 9.53 Å². The molecule has 0 bridgehead atoms. The molecule has 0 rings (SSSR count). The number of aliphatic hydroxyl groups is 2. The van der Waals surface area contributed by atoms with Crippen LogP contribution in [0.15, 0.2) is 0 Å². The SMILES string of the molecule is CCCC(O)O.CCOC(C)=O. The van der Waals surface area contributed by atoms with E-state index >= 15 is 0 Å². The van der Waals surface area contributed by atoms with E-state index in [1.54, 1.807) is 6.92 Å². The number of hydrogen-bond donors (Lipinski definition) is 2. The Morgan fingerprint density at radius 2 is 1.92 bits per heavy atom. The molecule has 0 aromatic rings. The smallest absolute Gasteiger partial charge is 0.302 e. The lowest BCUT2D eigenvalue weighted by Crippen LogP contribution is -2.01. The van der Waals surface area contributed by atoms with E-state index in [1.165, 1.54) is 6.92 Å². The molecule has 74 valence electrons. The molecule has 0 spiro atoms. The summed E-state index contributed by atoms with van der Waals surface area (Å²) >= 11 is 0. The van der Waals surface area contributed by atoms with Crippen LogP contribution in [0.3, 0.4) is 0 Å². The summed E-state index contributed by atoms with van der Waals surface area (Å²) in [4.78, 5) is 9.82. The Morgan fingerprint density at radius 3 is 1.92 bits per heavy atom. The summed E-state index contributed by atoms with van der Waals surface area (Å²) in [6, 6.07) is 0. The number of ether oxygens (including phenoxy) is 1. The molecule has 0 aliphatic heterocycles. The Hall–Kier alpha value is -0.610. The molecule has 0 aliphatic rings. The van der Waals surface area contributed by atoms with Gasteiger partial charge in [-0.3, -0.25) is 4.79 Å². The molecule has 2 N–H and O–H groups in total. The number of hydrogen-bond acceptors (Lipinski definition) is 4. The molecular weight excluding hydrogens is 160 g/mol. The van der Waals surface area contributed by atoms with Crippen molar-refractivity contribution in [2.45, 2.75) is 39.9 Å². The monoisotopic (exact) mass is 178 g/mol. The van der Waals surface area contributed by atoms with Crippen molar-refractivity contribution in [1.82, 2.24) is 0 Å². The van der Waals surface area contributed by atoms with E-state index < -0.39 is 6.29 Å². The maximum atomic E-state index is 9.82.